The second kappa shape index (κ2) is 8.06. The first kappa shape index (κ1) is 16.9. The Morgan fingerprint density at radius 1 is 1.29 bits per heavy atom. The number of rotatable bonds is 8. The van der Waals surface area contributed by atoms with E-state index in [2.05, 4.69) is 51.9 Å². The number of hydrogen-bond donors (Lipinski definition) is 1. The van der Waals surface area contributed by atoms with Gasteiger partial charge in [-0.15, -0.1) is 0 Å². The molecule has 0 amide bonds. The molecule has 2 atom stereocenters. The van der Waals surface area contributed by atoms with E-state index in [0.717, 1.165) is 19.7 Å². The van der Waals surface area contributed by atoms with Crippen LogP contribution in [-0.2, 0) is 4.74 Å². The number of nitrogens with zero attached hydrogens (tertiary/aromatic N) is 1. The fourth-order valence-electron chi connectivity index (χ4n) is 2.01. The highest BCUT2D eigenvalue weighted by molar-refractivity contribution is 4.81. The Bertz CT molecular complexity index is 189. The molecule has 0 aromatic heterocycles. The fraction of sp³-hybridized carbons (Fsp3) is 1.00. The van der Waals surface area contributed by atoms with Crippen LogP contribution in [0.3, 0.4) is 0 Å². The number of ether oxygens (including phenoxy) is 1. The zero-order chi connectivity index (χ0) is 13.5. The summed E-state index contributed by atoms with van der Waals surface area (Å²) in [6, 6.07) is 1.06. The first-order valence-electron chi connectivity index (χ1n) is 6.75. The molecule has 0 bridgehead atoms. The van der Waals surface area contributed by atoms with Crippen molar-refractivity contribution in [2.75, 3.05) is 33.9 Å². The van der Waals surface area contributed by atoms with Crippen molar-refractivity contribution in [3.8, 4) is 0 Å². The van der Waals surface area contributed by atoms with Gasteiger partial charge in [-0.3, -0.25) is 0 Å². The molecule has 0 aliphatic carbocycles. The normalized spacial score (nSPS) is 16.2. The van der Waals surface area contributed by atoms with Crippen molar-refractivity contribution in [3.05, 3.63) is 0 Å². The quantitative estimate of drug-likeness (QED) is 0.709. The summed E-state index contributed by atoms with van der Waals surface area (Å²) < 4.78 is 5.19. The van der Waals surface area contributed by atoms with Gasteiger partial charge in [0.25, 0.3) is 0 Å². The van der Waals surface area contributed by atoms with Crippen LogP contribution in [0.2, 0.25) is 0 Å². The zero-order valence-corrected chi connectivity index (χ0v) is 12.8. The van der Waals surface area contributed by atoms with Crippen molar-refractivity contribution < 1.29 is 4.74 Å². The molecule has 0 saturated heterocycles. The summed E-state index contributed by atoms with van der Waals surface area (Å²) in [6.07, 6.45) is 1.18. The maximum absolute atomic E-state index is 5.19. The summed E-state index contributed by atoms with van der Waals surface area (Å²) in [5.74, 6) is 0. The van der Waals surface area contributed by atoms with Crippen LogP contribution in [0.4, 0.5) is 0 Å². The number of methoxy groups -OCH3 is 1. The lowest BCUT2D eigenvalue weighted by molar-refractivity contribution is 0.108. The Hall–Kier alpha value is -0.120. The third-order valence-corrected chi connectivity index (χ3v) is 3.43. The molecule has 0 aliphatic rings. The van der Waals surface area contributed by atoms with Crippen molar-refractivity contribution in [2.24, 2.45) is 5.41 Å². The average molecular weight is 244 g/mol. The van der Waals surface area contributed by atoms with Gasteiger partial charge in [0.2, 0.25) is 0 Å². The fourth-order valence-corrected chi connectivity index (χ4v) is 2.01. The second-order valence-corrected chi connectivity index (χ2v) is 6.05. The molecule has 3 heteroatoms. The highest BCUT2D eigenvalue weighted by atomic mass is 16.5. The van der Waals surface area contributed by atoms with E-state index in [4.69, 9.17) is 4.74 Å². The van der Waals surface area contributed by atoms with E-state index in [1.807, 2.05) is 0 Å². The molecule has 0 fully saturated rings. The lowest BCUT2D eigenvalue weighted by atomic mass is 9.84. The van der Waals surface area contributed by atoms with Gasteiger partial charge in [-0.1, -0.05) is 27.7 Å². The molecule has 0 rings (SSSR count). The molecule has 104 valence electrons. The summed E-state index contributed by atoms with van der Waals surface area (Å²) in [6.45, 7) is 14.3. The molecule has 0 aliphatic heterocycles. The van der Waals surface area contributed by atoms with Crippen LogP contribution >= 0.6 is 0 Å². The van der Waals surface area contributed by atoms with Crippen molar-refractivity contribution in [2.45, 2.75) is 53.1 Å². The Balaban J connectivity index is 4.12. The molecule has 0 heterocycles. The second-order valence-electron chi connectivity index (χ2n) is 6.05. The standard InChI is InChI=1S/C14H32N2O/c1-8-15-13(14(3,4)5)9-10-16(6)12(2)11-17-7/h12-13,15H,8-11H2,1-7H3. The van der Waals surface area contributed by atoms with Gasteiger partial charge in [-0.05, 0) is 38.9 Å². The van der Waals surface area contributed by atoms with Gasteiger partial charge in [0.1, 0.15) is 0 Å². The molecule has 0 aromatic rings. The monoisotopic (exact) mass is 244 g/mol. The summed E-state index contributed by atoms with van der Waals surface area (Å²) in [5, 5.41) is 3.59. The highest BCUT2D eigenvalue weighted by Gasteiger charge is 2.24. The van der Waals surface area contributed by atoms with Crippen molar-refractivity contribution in [1.82, 2.24) is 10.2 Å². The van der Waals surface area contributed by atoms with Gasteiger partial charge in [-0.25, -0.2) is 0 Å². The Kier molecular flexibility index (Phi) is 8.01. The smallest absolute Gasteiger partial charge is 0.0615 e. The molecule has 0 spiro atoms. The van der Waals surface area contributed by atoms with Gasteiger partial charge < -0.3 is 15.0 Å². The summed E-state index contributed by atoms with van der Waals surface area (Å²) in [5.41, 5.74) is 0.321. The predicted octanol–water partition coefficient (Wildman–Crippen LogP) is 2.37. The van der Waals surface area contributed by atoms with E-state index >= 15 is 0 Å². The maximum atomic E-state index is 5.19. The molecular weight excluding hydrogens is 212 g/mol. The van der Waals surface area contributed by atoms with E-state index in [1.165, 1.54) is 6.42 Å². The topological polar surface area (TPSA) is 24.5 Å². The van der Waals surface area contributed by atoms with Crippen LogP contribution in [-0.4, -0.2) is 50.8 Å². The van der Waals surface area contributed by atoms with Gasteiger partial charge in [0, 0.05) is 19.2 Å². The third kappa shape index (κ3) is 7.02. The predicted molar refractivity (Wildman–Crippen MR) is 75.5 cm³/mol. The van der Waals surface area contributed by atoms with Gasteiger partial charge in [0.15, 0.2) is 0 Å². The number of nitrogens with one attached hydrogen (secondary N) is 1. The number of likely N-dealkylation sites (N-methyl/N-ethyl adjacent to an activating group) is 1. The van der Waals surface area contributed by atoms with Crippen LogP contribution in [0.1, 0.15) is 41.0 Å². The van der Waals surface area contributed by atoms with Gasteiger partial charge in [0.05, 0.1) is 6.61 Å². The molecule has 17 heavy (non-hydrogen) atoms. The van der Waals surface area contributed by atoms with Crippen LogP contribution in [0.15, 0.2) is 0 Å². The molecule has 0 saturated carbocycles. The summed E-state index contributed by atoms with van der Waals surface area (Å²) >= 11 is 0. The maximum Gasteiger partial charge on any atom is 0.0615 e. The zero-order valence-electron chi connectivity index (χ0n) is 12.8. The van der Waals surface area contributed by atoms with Crippen molar-refractivity contribution in [1.29, 1.82) is 0 Å². The lowest BCUT2D eigenvalue weighted by Gasteiger charge is -2.34. The summed E-state index contributed by atoms with van der Waals surface area (Å²) in [4.78, 5) is 2.37. The Morgan fingerprint density at radius 2 is 1.88 bits per heavy atom. The van der Waals surface area contributed by atoms with Crippen LogP contribution < -0.4 is 5.32 Å². The van der Waals surface area contributed by atoms with E-state index in [0.29, 0.717) is 17.5 Å². The van der Waals surface area contributed by atoms with E-state index in [9.17, 15) is 0 Å². The SMILES string of the molecule is CCNC(CCN(C)C(C)COC)C(C)(C)C. The molecule has 0 radical (unpaired) electrons. The van der Waals surface area contributed by atoms with E-state index < -0.39 is 0 Å². The van der Waals surface area contributed by atoms with Crippen LogP contribution in [0.25, 0.3) is 0 Å². The van der Waals surface area contributed by atoms with E-state index in [1.54, 1.807) is 7.11 Å². The van der Waals surface area contributed by atoms with Crippen LogP contribution in [0.5, 0.6) is 0 Å². The first-order chi connectivity index (χ1) is 7.82. The minimum atomic E-state index is 0.321. The largest absolute Gasteiger partial charge is 0.383 e. The molecule has 1 N–H and O–H groups in total. The van der Waals surface area contributed by atoms with Crippen LogP contribution in [0, 0.1) is 5.41 Å². The van der Waals surface area contributed by atoms with Crippen molar-refractivity contribution in [3.63, 3.8) is 0 Å². The highest BCUT2D eigenvalue weighted by Crippen LogP contribution is 2.22. The summed E-state index contributed by atoms with van der Waals surface area (Å²) in [7, 11) is 3.94. The first-order valence-corrected chi connectivity index (χ1v) is 6.75. The van der Waals surface area contributed by atoms with Crippen molar-refractivity contribution >= 4 is 0 Å². The minimum Gasteiger partial charge on any atom is -0.383 e. The Labute approximate surface area is 108 Å². The lowest BCUT2D eigenvalue weighted by Crippen LogP contribution is -2.43. The van der Waals surface area contributed by atoms with Gasteiger partial charge in [-0.2, -0.15) is 0 Å². The molecule has 3 nitrogen and oxygen atoms in total. The van der Waals surface area contributed by atoms with E-state index in [-0.39, 0.29) is 0 Å². The molecule has 0 aromatic carbocycles. The Morgan fingerprint density at radius 3 is 2.29 bits per heavy atom. The molecule has 2 unspecified atom stereocenters. The van der Waals surface area contributed by atoms with Gasteiger partial charge >= 0.3 is 0 Å². The number of hydrogen-bond acceptors (Lipinski definition) is 3. The minimum absolute atomic E-state index is 0.321. The average Bonchev–Trinajstić information content (AvgIpc) is 2.22. The molecular formula is C14H32N2O. The third-order valence-electron chi connectivity index (χ3n) is 3.43.